The molecule has 1 radical (unpaired) electrons. The first-order valence-electron chi connectivity index (χ1n) is 3.83. The highest BCUT2D eigenvalue weighted by Crippen LogP contribution is 2.24. The van der Waals surface area contributed by atoms with Gasteiger partial charge < -0.3 is 4.55 Å². The molecule has 1 nitrogen and oxygen atoms in total. The fraction of sp³-hybridized carbons (Fsp3) is 0.222. The Bertz CT molecular complexity index is 363. The Hall–Kier alpha value is -0.750. The summed E-state index contributed by atoms with van der Waals surface area (Å²) < 4.78 is 62.8. The minimum Gasteiger partial charge on any atom is -0.616 e. The molecule has 0 saturated carbocycles. The van der Waals surface area contributed by atoms with E-state index in [-0.39, 0.29) is 0 Å². The molecule has 0 amide bonds. The van der Waals surface area contributed by atoms with Gasteiger partial charge in [0.2, 0.25) is 0 Å². The van der Waals surface area contributed by atoms with Crippen molar-refractivity contribution >= 4 is 11.2 Å². The minimum atomic E-state index is -1.59. The van der Waals surface area contributed by atoms with Crippen molar-refractivity contribution in [3.63, 3.8) is 0 Å². The van der Waals surface area contributed by atoms with Crippen molar-refractivity contribution in [1.82, 2.24) is 0 Å². The molecule has 0 saturated heterocycles. The van der Waals surface area contributed by atoms with E-state index < -0.39 is 51.3 Å². The van der Waals surface area contributed by atoms with Gasteiger partial charge in [-0.25, -0.2) is 17.6 Å². The molecule has 1 aromatic rings. The molecule has 15 heavy (non-hydrogen) atoms. The highest BCUT2D eigenvalue weighted by Gasteiger charge is 2.24. The van der Waals surface area contributed by atoms with Crippen LogP contribution in [0.4, 0.5) is 17.6 Å². The molecular weight excluding hydrogens is 232 g/mol. The Labute approximate surface area is 87.3 Å². The number of rotatable bonds is 2. The molecule has 0 aliphatic carbocycles. The zero-order chi connectivity index (χ0) is 11.7. The molecule has 0 aliphatic heterocycles. The van der Waals surface area contributed by atoms with E-state index in [0.29, 0.717) is 0 Å². The van der Waals surface area contributed by atoms with Gasteiger partial charge in [-0.1, -0.05) is 11.2 Å². The molecular formula is C9H7F4OS. The van der Waals surface area contributed by atoms with E-state index in [9.17, 15) is 22.1 Å². The van der Waals surface area contributed by atoms with Crippen molar-refractivity contribution in [3.8, 4) is 0 Å². The van der Waals surface area contributed by atoms with Crippen molar-refractivity contribution in [2.24, 2.45) is 0 Å². The fourth-order valence-corrected chi connectivity index (χ4v) is 1.71. The SMILES string of the molecule is [CH2]c1c(F)c(F)c(C[S+](C)[O-])c(F)c1F. The van der Waals surface area contributed by atoms with Crippen LogP contribution in [0, 0.1) is 30.2 Å². The van der Waals surface area contributed by atoms with Crippen LogP contribution in [0.2, 0.25) is 0 Å². The zero-order valence-corrected chi connectivity index (χ0v) is 8.56. The van der Waals surface area contributed by atoms with Crippen LogP contribution in [0.1, 0.15) is 11.1 Å². The molecule has 0 aliphatic rings. The molecule has 0 N–H and O–H groups in total. The second-order valence-corrected chi connectivity index (χ2v) is 4.37. The van der Waals surface area contributed by atoms with Gasteiger partial charge >= 0.3 is 0 Å². The van der Waals surface area contributed by atoms with Crippen LogP contribution in [0.25, 0.3) is 0 Å². The predicted molar refractivity (Wildman–Crippen MR) is 48.5 cm³/mol. The van der Waals surface area contributed by atoms with E-state index in [1.54, 1.807) is 0 Å². The lowest BCUT2D eigenvalue weighted by atomic mass is 10.1. The van der Waals surface area contributed by atoms with Crippen LogP contribution in [-0.2, 0) is 16.9 Å². The summed E-state index contributed by atoms with van der Waals surface area (Å²) in [5, 5.41) is 0. The summed E-state index contributed by atoms with van der Waals surface area (Å²) in [6.07, 6.45) is 1.17. The van der Waals surface area contributed by atoms with E-state index in [1.165, 1.54) is 6.26 Å². The van der Waals surface area contributed by atoms with E-state index in [0.717, 1.165) is 0 Å². The molecule has 0 fully saturated rings. The van der Waals surface area contributed by atoms with Crippen LogP contribution in [0.5, 0.6) is 0 Å². The van der Waals surface area contributed by atoms with Gasteiger partial charge in [-0.2, -0.15) is 0 Å². The maximum atomic E-state index is 13.1. The molecule has 0 aromatic heterocycles. The summed E-state index contributed by atoms with van der Waals surface area (Å²) >= 11 is -1.59. The number of benzene rings is 1. The van der Waals surface area contributed by atoms with Gasteiger partial charge in [-0.05, 0) is 6.92 Å². The molecule has 0 spiro atoms. The molecule has 1 atom stereocenters. The minimum absolute atomic E-state index is 0.578. The molecule has 1 aromatic carbocycles. The quantitative estimate of drug-likeness (QED) is 0.441. The summed E-state index contributed by atoms with van der Waals surface area (Å²) in [6.45, 7) is 2.86. The van der Waals surface area contributed by atoms with Crippen molar-refractivity contribution in [1.29, 1.82) is 0 Å². The predicted octanol–water partition coefficient (Wildman–Crippen LogP) is 2.30. The third kappa shape index (κ3) is 2.26. The Balaban J connectivity index is 3.39. The first-order valence-corrected chi connectivity index (χ1v) is 5.55. The van der Waals surface area contributed by atoms with E-state index in [1.807, 2.05) is 0 Å². The summed E-state index contributed by atoms with van der Waals surface area (Å²) in [5.74, 6) is -6.74. The summed E-state index contributed by atoms with van der Waals surface area (Å²) in [7, 11) is 0. The summed E-state index contributed by atoms with van der Waals surface area (Å²) in [5.41, 5.74) is -1.81. The number of hydrogen-bond donors (Lipinski definition) is 0. The largest absolute Gasteiger partial charge is 0.616 e. The Morgan fingerprint density at radius 1 is 1.07 bits per heavy atom. The first-order chi connectivity index (χ1) is 6.86. The van der Waals surface area contributed by atoms with Crippen molar-refractivity contribution in [2.75, 3.05) is 6.26 Å². The maximum Gasteiger partial charge on any atom is 0.170 e. The van der Waals surface area contributed by atoms with Gasteiger partial charge in [-0.15, -0.1) is 0 Å². The molecule has 0 heterocycles. The van der Waals surface area contributed by atoms with Crippen LogP contribution in [0.15, 0.2) is 0 Å². The lowest BCUT2D eigenvalue weighted by Crippen LogP contribution is -2.11. The second-order valence-electron chi connectivity index (χ2n) is 2.93. The van der Waals surface area contributed by atoms with E-state index >= 15 is 0 Å². The second kappa shape index (κ2) is 4.40. The van der Waals surface area contributed by atoms with Crippen molar-refractivity contribution < 1.29 is 22.1 Å². The van der Waals surface area contributed by atoms with Crippen LogP contribution < -0.4 is 0 Å². The zero-order valence-electron chi connectivity index (χ0n) is 7.74. The monoisotopic (exact) mass is 239 g/mol. The van der Waals surface area contributed by atoms with Crippen LogP contribution in [0.3, 0.4) is 0 Å². The molecule has 1 rings (SSSR count). The Morgan fingerprint density at radius 3 is 1.80 bits per heavy atom. The summed E-state index contributed by atoms with van der Waals surface area (Å²) in [6, 6.07) is 0. The number of halogens is 4. The molecule has 1 unspecified atom stereocenters. The number of hydrogen-bond acceptors (Lipinski definition) is 1. The Morgan fingerprint density at radius 2 is 1.47 bits per heavy atom. The van der Waals surface area contributed by atoms with E-state index in [4.69, 9.17) is 0 Å². The third-order valence-corrected chi connectivity index (χ3v) is 2.49. The average molecular weight is 239 g/mol. The highest BCUT2D eigenvalue weighted by atomic mass is 32.2. The van der Waals surface area contributed by atoms with Crippen LogP contribution in [-0.4, -0.2) is 10.8 Å². The third-order valence-electron chi connectivity index (χ3n) is 1.79. The first kappa shape index (κ1) is 12.3. The fourth-order valence-electron chi connectivity index (χ4n) is 1.05. The lowest BCUT2D eigenvalue weighted by molar-refractivity contribution is 0.438. The average Bonchev–Trinajstić information content (AvgIpc) is 2.18. The van der Waals surface area contributed by atoms with Gasteiger partial charge in [0, 0.05) is 5.56 Å². The van der Waals surface area contributed by atoms with Crippen molar-refractivity contribution in [2.45, 2.75) is 5.75 Å². The highest BCUT2D eigenvalue weighted by molar-refractivity contribution is 7.89. The molecule has 6 heteroatoms. The van der Waals surface area contributed by atoms with Crippen molar-refractivity contribution in [3.05, 3.63) is 41.3 Å². The lowest BCUT2D eigenvalue weighted by Gasteiger charge is -2.10. The van der Waals surface area contributed by atoms with Gasteiger partial charge in [0.25, 0.3) is 0 Å². The smallest absolute Gasteiger partial charge is 0.170 e. The Kier molecular flexibility index (Phi) is 3.62. The van der Waals surface area contributed by atoms with E-state index in [2.05, 4.69) is 6.92 Å². The van der Waals surface area contributed by atoms with Gasteiger partial charge in [-0.3, -0.25) is 0 Å². The van der Waals surface area contributed by atoms with Gasteiger partial charge in [0.1, 0.15) is 5.75 Å². The topological polar surface area (TPSA) is 23.1 Å². The molecule has 83 valence electrons. The van der Waals surface area contributed by atoms with Crippen LogP contribution >= 0.6 is 0 Å². The van der Waals surface area contributed by atoms with Gasteiger partial charge in [0.05, 0.1) is 11.8 Å². The normalized spacial score (nSPS) is 13.0. The van der Waals surface area contributed by atoms with Gasteiger partial charge in [0.15, 0.2) is 23.3 Å². The summed E-state index contributed by atoms with van der Waals surface area (Å²) in [4.78, 5) is 0. The maximum absolute atomic E-state index is 13.1. The molecule has 0 bridgehead atoms. The standard InChI is InChI=1S/C9H7F4OS/c1-4-6(10)8(12)5(3-15(2)14)9(13)7(4)11/h1,3H2,2H3.